The molecule has 0 radical (unpaired) electrons. The summed E-state index contributed by atoms with van der Waals surface area (Å²) in [5.74, 6) is 0.754. The van der Waals surface area contributed by atoms with E-state index >= 15 is 0 Å². The Bertz CT molecular complexity index is 402. The zero-order chi connectivity index (χ0) is 13.7. The number of rotatable bonds is 5. The van der Waals surface area contributed by atoms with Crippen molar-refractivity contribution in [2.24, 2.45) is 5.92 Å². The summed E-state index contributed by atoms with van der Waals surface area (Å²) >= 11 is 0. The first kappa shape index (κ1) is 14.4. The summed E-state index contributed by atoms with van der Waals surface area (Å²) in [4.78, 5) is 0. The Kier molecular flexibility index (Phi) is 5.28. The van der Waals surface area contributed by atoms with Crippen molar-refractivity contribution in [1.82, 2.24) is 15.5 Å². The molecule has 1 unspecified atom stereocenters. The maximum atomic E-state index is 5.44. The molecule has 0 aromatic carbocycles. The van der Waals surface area contributed by atoms with Crippen LogP contribution in [0.1, 0.15) is 49.2 Å². The van der Waals surface area contributed by atoms with Crippen LogP contribution in [0.25, 0.3) is 0 Å². The molecule has 0 spiro atoms. The molecule has 2 rings (SSSR count). The Morgan fingerprint density at radius 2 is 2.11 bits per heavy atom. The van der Waals surface area contributed by atoms with Gasteiger partial charge in [-0.05, 0) is 57.2 Å². The minimum absolute atomic E-state index is 0.382. The van der Waals surface area contributed by atoms with Gasteiger partial charge in [0.25, 0.3) is 0 Å². The lowest BCUT2D eigenvalue weighted by Gasteiger charge is -2.27. The summed E-state index contributed by atoms with van der Waals surface area (Å²) < 4.78 is 5.44. The first-order chi connectivity index (χ1) is 9.24. The van der Waals surface area contributed by atoms with Crippen LogP contribution in [0.5, 0.6) is 0 Å². The molecule has 106 valence electrons. The largest absolute Gasteiger partial charge is 0.381 e. The molecule has 1 aliphatic heterocycles. The zero-order valence-electron chi connectivity index (χ0n) is 12.3. The van der Waals surface area contributed by atoms with E-state index in [0.717, 1.165) is 43.4 Å². The van der Waals surface area contributed by atoms with Gasteiger partial charge in [-0.3, -0.25) is 0 Å². The van der Waals surface area contributed by atoms with Gasteiger partial charge in [-0.2, -0.15) is 10.2 Å². The number of aromatic nitrogens is 2. The van der Waals surface area contributed by atoms with Crippen molar-refractivity contribution in [2.45, 2.75) is 45.6 Å². The summed E-state index contributed by atoms with van der Waals surface area (Å²) in [7, 11) is 2.04. The van der Waals surface area contributed by atoms with E-state index in [-0.39, 0.29) is 0 Å². The molecule has 1 aliphatic rings. The van der Waals surface area contributed by atoms with Crippen molar-refractivity contribution >= 4 is 0 Å². The van der Waals surface area contributed by atoms with E-state index in [1.165, 1.54) is 18.4 Å². The first-order valence-corrected chi connectivity index (χ1v) is 7.32. The third kappa shape index (κ3) is 3.74. The molecular formula is C15H25N3O. The van der Waals surface area contributed by atoms with Gasteiger partial charge >= 0.3 is 0 Å². The van der Waals surface area contributed by atoms with Crippen LogP contribution in [-0.4, -0.2) is 30.5 Å². The van der Waals surface area contributed by atoms with Crippen molar-refractivity contribution in [3.63, 3.8) is 0 Å². The highest BCUT2D eigenvalue weighted by Gasteiger charge is 2.21. The van der Waals surface area contributed by atoms with Crippen molar-refractivity contribution in [3.8, 4) is 0 Å². The fraction of sp³-hybridized carbons (Fsp3) is 0.733. The molecule has 19 heavy (non-hydrogen) atoms. The van der Waals surface area contributed by atoms with E-state index in [9.17, 15) is 0 Å². The van der Waals surface area contributed by atoms with E-state index in [4.69, 9.17) is 4.74 Å². The molecule has 1 atom stereocenters. The molecule has 1 N–H and O–H groups in total. The topological polar surface area (TPSA) is 47.0 Å². The Morgan fingerprint density at radius 1 is 1.37 bits per heavy atom. The van der Waals surface area contributed by atoms with Crippen LogP contribution >= 0.6 is 0 Å². The number of hydrogen-bond donors (Lipinski definition) is 1. The van der Waals surface area contributed by atoms with Crippen LogP contribution in [-0.2, 0) is 11.2 Å². The summed E-state index contributed by atoms with van der Waals surface area (Å²) in [5.41, 5.74) is 3.44. The van der Waals surface area contributed by atoms with E-state index in [0.29, 0.717) is 6.04 Å². The molecule has 1 aromatic rings. The Balaban J connectivity index is 2.13. The van der Waals surface area contributed by atoms with Gasteiger partial charge in [0.05, 0.1) is 11.4 Å². The Morgan fingerprint density at radius 3 is 2.74 bits per heavy atom. The molecular weight excluding hydrogens is 238 g/mol. The Labute approximate surface area is 116 Å². The Hall–Kier alpha value is -1.00. The summed E-state index contributed by atoms with van der Waals surface area (Å²) in [6.45, 7) is 5.98. The van der Waals surface area contributed by atoms with Crippen LogP contribution in [0.3, 0.4) is 0 Å². The fourth-order valence-electron chi connectivity index (χ4n) is 2.83. The third-order valence-corrected chi connectivity index (χ3v) is 3.99. The van der Waals surface area contributed by atoms with Gasteiger partial charge in [0.1, 0.15) is 0 Å². The predicted octanol–water partition coefficient (Wildman–Crippen LogP) is 2.42. The normalized spacial score (nSPS) is 18.5. The summed E-state index contributed by atoms with van der Waals surface area (Å²) in [6.07, 6.45) is 4.46. The molecule has 1 fully saturated rings. The SMILES string of the molecule is CCc1nnc(C)cc1C(CC1CCOCC1)NC. The second-order valence-electron chi connectivity index (χ2n) is 5.37. The van der Waals surface area contributed by atoms with Crippen molar-refractivity contribution in [2.75, 3.05) is 20.3 Å². The minimum atomic E-state index is 0.382. The molecule has 0 bridgehead atoms. The van der Waals surface area contributed by atoms with Gasteiger partial charge < -0.3 is 10.1 Å². The van der Waals surface area contributed by atoms with Gasteiger partial charge in [0.2, 0.25) is 0 Å². The molecule has 4 heteroatoms. The molecule has 1 aromatic heterocycles. The highest BCUT2D eigenvalue weighted by molar-refractivity contribution is 5.24. The number of aryl methyl sites for hydroxylation is 2. The van der Waals surface area contributed by atoms with Gasteiger partial charge in [0, 0.05) is 19.3 Å². The van der Waals surface area contributed by atoms with Crippen LogP contribution in [0.2, 0.25) is 0 Å². The van der Waals surface area contributed by atoms with Crippen LogP contribution in [0.15, 0.2) is 6.07 Å². The molecule has 0 saturated carbocycles. The zero-order valence-corrected chi connectivity index (χ0v) is 12.3. The molecule has 2 heterocycles. The monoisotopic (exact) mass is 263 g/mol. The smallest absolute Gasteiger partial charge is 0.0676 e. The second-order valence-corrected chi connectivity index (χ2v) is 5.37. The van der Waals surface area contributed by atoms with E-state index in [2.05, 4.69) is 28.5 Å². The predicted molar refractivity (Wildman–Crippen MR) is 76.1 cm³/mol. The van der Waals surface area contributed by atoms with E-state index in [1.54, 1.807) is 0 Å². The fourth-order valence-corrected chi connectivity index (χ4v) is 2.83. The molecule has 4 nitrogen and oxygen atoms in total. The lowest BCUT2D eigenvalue weighted by Crippen LogP contribution is -2.25. The number of nitrogens with zero attached hydrogens (tertiary/aromatic N) is 2. The average Bonchev–Trinajstić information content (AvgIpc) is 2.46. The van der Waals surface area contributed by atoms with E-state index < -0.39 is 0 Å². The van der Waals surface area contributed by atoms with Gasteiger partial charge in [-0.15, -0.1) is 0 Å². The summed E-state index contributed by atoms with van der Waals surface area (Å²) in [5, 5.41) is 12.0. The standard InChI is InChI=1S/C15H25N3O/c1-4-14-13(9-11(2)17-18-14)15(16-3)10-12-5-7-19-8-6-12/h9,12,15-16H,4-8,10H2,1-3H3. The second kappa shape index (κ2) is 6.96. The molecule has 0 amide bonds. The average molecular weight is 263 g/mol. The minimum Gasteiger partial charge on any atom is -0.381 e. The van der Waals surface area contributed by atoms with Crippen LogP contribution in [0, 0.1) is 12.8 Å². The van der Waals surface area contributed by atoms with Crippen molar-refractivity contribution in [1.29, 1.82) is 0 Å². The highest BCUT2D eigenvalue weighted by atomic mass is 16.5. The van der Waals surface area contributed by atoms with Crippen molar-refractivity contribution < 1.29 is 4.74 Å². The van der Waals surface area contributed by atoms with E-state index in [1.807, 2.05) is 14.0 Å². The van der Waals surface area contributed by atoms with Crippen LogP contribution < -0.4 is 5.32 Å². The lowest BCUT2D eigenvalue weighted by molar-refractivity contribution is 0.0607. The number of nitrogens with one attached hydrogen (secondary N) is 1. The lowest BCUT2D eigenvalue weighted by atomic mass is 9.88. The number of hydrogen-bond acceptors (Lipinski definition) is 4. The van der Waals surface area contributed by atoms with Crippen molar-refractivity contribution in [3.05, 3.63) is 23.0 Å². The van der Waals surface area contributed by atoms with Gasteiger partial charge in [0.15, 0.2) is 0 Å². The number of ether oxygens (including phenoxy) is 1. The maximum absolute atomic E-state index is 5.44. The molecule has 0 aliphatic carbocycles. The summed E-state index contributed by atoms with van der Waals surface area (Å²) in [6, 6.07) is 2.57. The third-order valence-electron chi connectivity index (χ3n) is 3.99. The van der Waals surface area contributed by atoms with Gasteiger partial charge in [-0.1, -0.05) is 6.92 Å². The first-order valence-electron chi connectivity index (χ1n) is 7.32. The molecule has 1 saturated heterocycles. The maximum Gasteiger partial charge on any atom is 0.0676 e. The van der Waals surface area contributed by atoms with Gasteiger partial charge in [-0.25, -0.2) is 0 Å². The quantitative estimate of drug-likeness (QED) is 0.886. The highest BCUT2D eigenvalue weighted by Crippen LogP contribution is 2.28. The van der Waals surface area contributed by atoms with Crippen LogP contribution in [0.4, 0.5) is 0 Å².